The molecule has 0 aliphatic heterocycles. The Labute approximate surface area is 67.3 Å². The average molecular weight is 209 g/mol. The molecule has 5 heteroatoms. The van der Waals surface area contributed by atoms with Crippen molar-refractivity contribution in [2.24, 2.45) is 5.73 Å². The van der Waals surface area contributed by atoms with Crippen LogP contribution in [0.3, 0.4) is 0 Å². The zero-order chi connectivity index (χ0) is 8.15. The van der Waals surface area contributed by atoms with Crippen LogP contribution in [0.4, 0.5) is 0 Å². The van der Waals surface area contributed by atoms with E-state index in [0.717, 1.165) is 0 Å². The molecule has 2 amide bonds. The monoisotopic (exact) mass is 208 g/mol. The number of halogens is 1. The quantitative estimate of drug-likeness (QED) is 0.607. The number of alkyl halides is 1. The van der Waals surface area contributed by atoms with Crippen molar-refractivity contribution in [2.75, 3.05) is 5.33 Å². The van der Waals surface area contributed by atoms with Crippen molar-refractivity contribution in [1.29, 1.82) is 0 Å². The molecule has 0 aromatic heterocycles. The first-order chi connectivity index (χ1) is 4.57. The second-order valence-electron chi connectivity index (χ2n) is 1.83. The lowest BCUT2D eigenvalue weighted by Gasteiger charge is -2.07. The molecule has 0 heterocycles. The van der Waals surface area contributed by atoms with Crippen LogP contribution in [0, 0.1) is 0 Å². The Morgan fingerprint density at radius 1 is 1.70 bits per heavy atom. The summed E-state index contributed by atoms with van der Waals surface area (Å²) in [5, 5.41) is 2.55. The van der Waals surface area contributed by atoms with Gasteiger partial charge in [0.2, 0.25) is 11.8 Å². The van der Waals surface area contributed by atoms with Crippen molar-refractivity contribution in [3.8, 4) is 0 Å². The lowest BCUT2D eigenvalue weighted by atomic mass is 10.3. The van der Waals surface area contributed by atoms with Crippen LogP contribution >= 0.6 is 15.9 Å². The van der Waals surface area contributed by atoms with Gasteiger partial charge in [0.05, 0.1) is 5.33 Å². The summed E-state index contributed by atoms with van der Waals surface area (Å²) in [6.45, 7) is 1.53. The third-order valence-electron chi connectivity index (χ3n) is 0.926. The van der Waals surface area contributed by atoms with Crippen molar-refractivity contribution >= 4 is 27.7 Å². The third-order valence-corrected chi connectivity index (χ3v) is 1.43. The molecule has 58 valence electrons. The summed E-state index contributed by atoms with van der Waals surface area (Å²) in [7, 11) is 0. The zero-order valence-electron chi connectivity index (χ0n) is 5.56. The third kappa shape index (κ3) is 3.45. The number of nitrogens with one attached hydrogen (secondary N) is 1. The van der Waals surface area contributed by atoms with E-state index in [0.29, 0.717) is 0 Å². The van der Waals surface area contributed by atoms with Crippen LogP contribution in [-0.2, 0) is 9.59 Å². The lowest BCUT2D eigenvalue weighted by molar-refractivity contribution is -0.125. The second-order valence-corrected chi connectivity index (χ2v) is 2.39. The van der Waals surface area contributed by atoms with E-state index in [9.17, 15) is 9.59 Å². The van der Waals surface area contributed by atoms with Crippen LogP contribution in [-0.4, -0.2) is 23.2 Å². The number of amides is 2. The standard InChI is InChI=1S/C5H9BrN2O2/c1-3(5(7)10)8-4(9)2-6/h3H,2H2,1H3,(H2,7,10)(H,8,9)/t3-/m0/s1. The number of nitrogens with two attached hydrogens (primary N) is 1. The molecule has 0 saturated carbocycles. The fourth-order valence-electron chi connectivity index (χ4n) is 0.351. The summed E-state index contributed by atoms with van der Waals surface area (Å²) in [4.78, 5) is 20.9. The Morgan fingerprint density at radius 2 is 2.20 bits per heavy atom. The van der Waals surface area contributed by atoms with Crippen molar-refractivity contribution < 1.29 is 9.59 Å². The first kappa shape index (κ1) is 9.42. The maximum atomic E-state index is 10.6. The van der Waals surface area contributed by atoms with Crippen molar-refractivity contribution in [2.45, 2.75) is 13.0 Å². The fraction of sp³-hybridized carbons (Fsp3) is 0.600. The molecule has 0 aliphatic rings. The number of hydrogen-bond donors (Lipinski definition) is 2. The van der Waals surface area contributed by atoms with Crippen LogP contribution in [0.1, 0.15) is 6.92 Å². The first-order valence-electron chi connectivity index (χ1n) is 2.72. The van der Waals surface area contributed by atoms with Crippen molar-refractivity contribution in [1.82, 2.24) is 5.32 Å². The van der Waals surface area contributed by atoms with Gasteiger partial charge in [-0.15, -0.1) is 0 Å². The highest BCUT2D eigenvalue weighted by Crippen LogP contribution is 1.82. The minimum absolute atomic E-state index is 0.185. The highest BCUT2D eigenvalue weighted by atomic mass is 79.9. The zero-order valence-corrected chi connectivity index (χ0v) is 7.14. The largest absolute Gasteiger partial charge is 0.368 e. The molecule has 0 saturated heterocycles. The van der Waals surface area contributed by atoms with E-state index in [1.807, 2.05) is 0 Å². The van der Waals surface area contributed by atoms with Crippen LogP contribution < -0.4 is 11.1 Å². The molecule has 0 radical (unpaired) electrons. The van der Waals surface area contributed by atoms with E-state index in [4.69, 9.17) is 5.73 Å². The van der Waals surface area contributed by atoms with Gasteiger partial charge >= 0.3 is 0 Å². The molecule has 0 bridgehead atoms. The fourth-order valence-corrected chi connectivity index (χ4v) is 0.513. The summed E-state index contributed by atoms with van der Waals surface area (Å²) in [6, 6.07) is -0.593. The van der Waals surface area contributed by atoms with Crippen LogP contribution in [0.15, 0.2) is 0 Å². The van der Waals surface area contributed by atoms with Gasteiger partial charge in [0, 0.05) is 0 Å². The minimum Gasteiger partial charge on any atom is -0.368 e. The smallest absolute Gasteiger partial charge is 0.239 e. The Kier molecular flexibility index (Phi) is 4.02. The minimum atomic E-state index is -0.593. The molecule has 4 nitrogen and oxygen atoms in total. The number of carbonyl (C=O) groups is 2. The predicted octanol–water partition coefficient (Wildman–Crippen LogP) is -0.629. The van der Waals surface area contributed by atoms with Gasteiger partial charge in [0.15, 0.2) is 0 Å². The van der Waals surface area contributed by atoms with E-state index in [1.165, 1.54) is 6.92 Å². The van der Waals surface area contributed by atoms with Crippen molar-refractivity contribution in [3.63, 3.8) is 0 Å². The van der Waals surface area contributed by atoms with Gasteiger partial charge in [-0.1, -0.05) is 15.9 Å². The molecule has 0 spiro atoms. The van der Waals surface area contributed by atoms with E-state index in [2.05, 4.69) is 21.2 Å². The molecule has 0 fully saturated rings. The van der Waals surface area contributed by atoms with Gasteiger partial charge in [-0.2, -0.15) is 0 Å². The van der Waals surface area contributed by atoms with Crippen LogP contribution in [0.2, 0.25) is 0 Å². The molecular formula is C5H9BrN2O2. The summed E-state index contributed by atoms with van der Waals surface area (Å²) in [5.74, 6) is -0.777. The summed E-state index contributed by atoms with van der Waals surface area (Å²) < 4.78 is 0. The highest BCUT2D eigenvalue weighted by molar-refractivity contribution is 9.09. The Bertz CT molecular complexity index is 149. The number of carbonyl (C=O) groups excluding carboxylic acids is 2. The number of primary amides is 1. The Hall–Kier alpha value is -0.580. The predicted molar refractivity (Wildman–Crippen MR) is 40.6 cm³/mol. The number of hydrogen-bond acceptors (Lipinski definition) is 2. The van der Waals surface area contributed by atoms with Gasteiger partial charge in [-0.25, -0.2) is 0 Å². The number of rotatable bonds is 3. The van der Waals surface area contributed by atoms with E-state index in [1.54, 1.807) is 0 Å². The van der Waals surface area contributed by atoms with Gasteiger partial charge in [-0.05, 0) is 6.92 Å². The summed E-state index contributed by atoms with van der Waals surface area (Å²) >= 11 is 2.93. The van der Waals surface area contributed by atoms with E-state index < -0.39 is 11.9 Å². The summed E-state index contributed by atoms with van der Waals surface area (Å²) in [5.41, 5.74) is 4.87. The van der Waals surface area contributed by atoms with Gasteiger partial charge in [0.1, 0.15) is 6.04 Å². The molecule has 3 N–H and O–H groups in total. The highest BCUT2D eigenvalue weighted by Gasteiger charge is 2.09. The molecule has 1 atom stereocenters. The van der Waals surface area contributed by atoms with Gasteiger partial charge in [0.25, 0.3) is 0 Å². The van der Waals surface area contributed by atoms with Gasteiger partial charge < -0.3 is 11.1 Å². The topological polar surface area (TPSA) is 72.2 Å². The maximum absolute atomic E-state index is 10.6. The molecule has 0 aromatic carbocycles. The summed E-state index contributed by atoms with van der Waals surface area (Å²) in [6.07, 6.45) is 0. The van der Waals surface area contributed by atoms with E-state index >= 15 is 0 Å². The Morgan fingerprint density at radius 3 is 2.50 bits per heavy atom. The SMILES string of the molecule is C[C@H](NC(=O)CBr)C(N)=O. The molecule has 10 heavy (non-hydrogen) atoms. The molecular weight excluding hydrogens is 200 g/mol. The lowest BCUT2D eigenvalue weighted by Crippen LogP contribution is -2.42. The molecule has 0 unspecified atom stereocenters. The molecule has 0 rings (SSSR count). The average Bonchev–Trinajstić information content (AvgIpc) is 1.87. The van der Waals surface area contributed by atoms with Crippen LogP contribution in [0.5, 0.6) is 0 Å². The first-order valence-corrected chi connectivity index (χ1v) is 3.84. The van der Waals surface area contributed by atoms with Crippen molar-refractivity contribution in [3.05, 3.63) is 0 Å². The molecule has 0 aromatic rings. The van der Waals surface area contributed by atoms with E-state index in [-0.39, 0.29) is 11.2 Å². The maximum Gasteiger partial charge on any atom is 0.239 e. The van der Waals surface area contributed by atoms with Crippen LogP contribution in [0.25, 0.3) is 0 Å². The normalized spacial score (nSPS) is 12.2. The Balaban J connectivity index is 3.68. The molecule has 0 aliphatic carbocycles. The second kappa shape index (κ2) is 4.27. The van der Waals surface area contributed by atoms with Gasteiger partial charge in [-0.3, -0.25) is 9.59 Å².